The highest BCUT2D eigenvalue weighted by molar-refractivity contribution is 6.34. The molecule has 0 amide bonds. The minimum absolute atomic E-state index is 0.0273. The van der Waals surface area contributed by atoms with E-state index in [1.807, 2.05) is 0 Å². The number of unbranched alkanes of at least 4 members (excludes halogenated alkanes) is 2. The van der Waals surface area contributed by atoms with Crippen molar-refractivity contribution >= 4 is 11.8 Å². The van der Waals surface area contributed by atoms with Crippen molar-refractivity contribution in [2.75, 3.05) is 0 Å². The fraction of sp³-hybridized carbons (Fsp3) is 0.846. The molecule has 98 valence electrons. The maximum Gasteiger partial charge on any atom is 0.408 e. The van der Waals surface area contributed by atoms with Gasteiger partial charge < -0.3 is 0 Å². The highest BCUT2D eigenvalue weighted by Gasteiger charge is 2.46. The Kier molecular flexibility index (Phi) is 5.12. The summed E-state index contributed by atoms with van der Waals surface area (Å²) >= 11 is 0. The van der Waals surface area contributed by atoms with Gasteiger partial charge in [-0.25, -0.2) is 4.79 Å². The molecule has 0 aliphatic heterocycles. The molecule has 4 heteroatoms. The van der Waals surface area contributed by atoms with E-state index in [0.29, 0.717) is 0 Å². The third-order valence-electron chi connectivity index (χ3n) is 4.22. The number of carbonyl (C=O) groups is 2. The first-order valence-electron chi connectivity index (χ1n) is 6.47. The van der Waals surface area contributed by atoms with Gasteiger partial charge in [0.05, 0.1) is 0 Å². The Morgan fingerprint density at radius 1 is 1.35 bits per heavy atom. The highest BCUT2D eigenvalue weighted by Crippen LogP contribution is 2.51. The Morgan fingerprint density at radius 3 is 2.41 bits per heavy atom. The normalized spacial score (nSPS) is 19.2. The van der Waals surface area contributed by atoms with Gasteiger partial charge in [0, 0.05) is 5.92 Å². The van der Waals surface area contributed by atoms with Crippen LogP contribution in [-0.2, 0) is 14.5 Å². The minimum atomic E-state index is -1.13. The Hall–Kier alpha value is -0.900. The summed E-state index contributed by atoms with van der Waals surface area (Å²) in [6, 6.07) is 0. The summed E-state index contributed by atoms with van der Waals surface area (Å²) in [5, 5.41) is 8.25. The lowest BCUT2D eigenvalue weighted by Crippen LogP contribution is -2.42. The van der Waals surface area contributed by atoms with Gasteiger partial charge in [-0.05, 0) is 24.7 Å². The Labute approximate surface area is 102 Å². The van der Waals surface area contributed by atoms with Gasteiger partial charge in [0.2, 0.25) is 5.78 Å². The molecule has 0 radical (unpaired) electrons. The molecule has 0 saturated heterocycles. The molecule has 1 N–H and O–H groups in total. The molecule has 1 unspecified atom stereocenters. The fourth-order valence-electron chi connectivity index (χ4n) is 2.76. The van der Waals surface area contributed by atoms with Crippen LogP contribution >= 0.6 is 0 Å². The second-order valence-corrected chi connectivity index (χ2v) is 5.14. The third-order valence-corrected chi connectivity index (χ3v) is 4.22. The van der Waals surface area contributed by atoms with E-state index in [0.717, 1.165) is 44.9 Å². The van der Waals surface area contributed by atoms with E-state index in [1.165, 1.54) is 0 Å². The van der Waals surface area contributed by atoms with Crippen LogP contribution in [0.2, 0.25) is 0 Å². The second kappa shape index (κ2) is 6.15. The van der Waals surface area contributed by atoms with Crippen molar-refractivity contribution < 1.29 is 19.7 Å². The summed E-state index contributed by atoms with van der Waals surface area (Å²) in [7, 11) is 0. The van der Waals surface area contributed by atoms with Gasteiger partial charge in [0.1, 0.15) is 0 Å². The molecule has 1 fully saturated rings. The largest absolute Gasteiger partial charge is 0.408 e. The molecule has 4 nitrogen and oxygen atoms in total. The molecule has 0 spiro atoms. The minimum Gasteiger partial charge on any atom is -0.292 e. The number of ketones is 1. The van der Waals surface area contributed by atoms with Crippen LogP contribution in [0, 0.1) is 11.3 Å². The molecule has 1 rings (SSSR count). The summed E-state index contributed by atoms with van der Waals surface area (Å²) in [6.07, 6.45) is 7.53. The Morgan fingerprint density at radius 2 is 2.00 bits per heavy atom. The van der Waals surface area contributed by atoms with Gasteiger partial charge in [-0.2, -0.15) is 5.26 Å². The molecule has 0 heterocycles. The SMILES string of the molecule is CCCCCC1(C(C)C(=O)C(=O)OO)CCC1. The van der Waals surface area contributed by atoms with Gasteiger partial charge in [0.15, 0.2) is 0 Å². The van der Waals surface area contributed by atoms with Crippen LogP contribution in [0.25, 0.3) is 0 Å². The topological polar surface area (TPSA) is 63.6 Å². The molecule has 17 heavy (non-hydrogen) atoms. The van der Waals surface area contributed by atoms with Crippen molar-refractivity contribution in [1.82, 2.24) is 0 Å². The van der Waals surface area contributed by atoms with Gasteiger partial charge in [-0.15, -0.1) is 0 Å². The van der Waals surface area contributed by atoms with Crippen LogP contribution in [0.4, 0.5) is 0 Å². The standard InChI is InChI=1S/C13H22O4/c1-3-4-5-7-13(8-6-9-13)10(2)11(14)12(15)17-16/h10,16H,3-9H2,1-2H3. The Balaban J connectivity index is 2.59. The molecule has 1 saturated carbocycles. The highest BCUT2D eigenvalue weighted by atomic mass is 17.1. The second-order valence-electron chi connectivity index (χ2n) is 5.14. The van der Waals surface area contributed by atoms with Crippen molar-refractivity contribution in [3.63, 3.8) is 0 Å². The van der Waals surface area contributed by atoms with E-state index in [-0.39, 0.29) is 11.3 Å². The molecule has 0 bridgehead atoms. The summed E-state index contributed by atoms with van der Waals surface area (Å²) in [6.45, 7) is 3.93. The van der Waals surface area contributed by atoms with Crippen LogP contribution in [0.1, 0.15) is 58.8 Å². The predicted molar refractivity (Wildman–Crippen MR) is 63.3 cm³/mol. The van der Waals surface area contributed by atoms with E-state index < -0.39 is 11.8 Å². The molecule has 0 aromatic heterocycles. The van der Waals surface area contributed by atoms with E-state index in [1.54, 1.807) is 6.92 Å². The van der Waals surface area contributed by atoms with Gasteiger partial charge in [-0.3, -0.25) is 9.68 Å². The maximum atomic E-state index is 11.7. The van der Waals surface area contributed by atoms with Crippen LogP contribution in [0.5, 0.6) is 0 Å². The van der Waals surface area contributed by atoms with Crippen LogP contribution in [0.15, 0.2) is 0 Å². The van der Waals surface area contributed by atoms with E-state index >= 15 is 0 Å². The van der Waals surface area contributed by atoms with Gasteiger partial charge in [0.25, 0.3) is 0 Å². The molecule has 1 atom stereocenters. The first-order chi connectivity index (χ1) is 8.07. The molecule has 0 aromatic rings. The average molecular weight is 242 g/mol. The summed E-state index contributed by atoms with van der Waals surface area (Å²) < 4.78 is 0. The number of hydrogen-bond donors (Lipinski definition) is 1. The zero-order valence-electron chi connectivity index (χ0n) is 10.7. The van der Waals surface area contributed by atoms with Crippen molar-refractivity contribution in [3.05, 3.63) is 0 Å². The molecular weight excluding hydrogens is 220 g/mol. The van der Waals surface area contributed by atoms with E-state index in [4.69, 9.17) is 5.26 Å². The lowest BCUT2D eigenvalue weighted by atomic mass is 9.58. The zero-order chi connectivity index (χ0) is 12.9. The summed E-state index contributed by atoms with van der Waals surface area (Å²) in [5.41, 5.74) is -0.0273. The van der Waals surface area contributed by atoms with Gasteiger partial charge in [-0.1, -0.05) is 39.5 Å². The third kappa shape index (κ3) is 3.06. The monoisotopic (exact) mass is 242 g/mol. The van der Waals surface area contributed by atoms with Crippen molar-refractivity contribution in [3.8, 4) is 0 Å². The Bertz CT molecular complexity index is 281. The van der Waals surface area contributed by atoms with E-state index in [2.05, 4.69) is 11.8 Å². The number of Topliss-reactive ketones (excluding diaryl/α,β-unsaturated/α-hetero) is 1. The maximum absolute atomic E-state index is 11.7. The van der Waals surface area contributed by atoms with Crippen LogP contribution in [0.3, 0.4) is 0 Å². The lowest BCUT2D eigenvalue weighted by molar-refractivity contribution is -0.233. The zero-order valence-corrected chi connectivity index (χ0v) is 10.7. The predicted octanol–water partition coefficient (Wildman–Crippen LogP) is 2.96. The summed E-state index contributed by atoms with van der Waals surface area (Å²) in [4.78, 5) is 26.3. The molecule has 0 aromatic carbocycles. The van der Waals surface area contributed by atoms with Crippen molar-refractivity contribution in [2.45, 2.75) is 58.8 Å². The van der Waals surface area contributed by atoms with Crippen molar-refractivity contribution in [2.24, 2.45) is 11.3 Å². The average Bonchev–Trinajstić information content (AvgIpc) is 2.30. The number of carbonyl (C=O) groups excluding carboxylic acids is 2. The first kappa shape index (κ1) is 14.2. The van der Waals surface area contributed by atoms with Crippen molar-refractivity contribution in [1.29, 1.82) is 0 Å². The smallest absolute Gasteiger partial charge is 0.292 e. The number of rotatable bonds is 7. The fourth-order valence-corrected chi connectivity index (χ4v) is 2.76. The first-order valence-corrected chi connectivity index (χ1v) is 6.47. The molecular formula is C13H22O4. The quantitative estimate of drug-likeness (QED) is 0.322. The van der Waals surface area contributed by atoms with Crippen LogP contribution in [-0.4, -0.2) is 17.0 Å². The summed E-state index contributed by atoms with van der Waals surface area (Å²) in [5.74, 6) is -2.06. The number of hydrogen-bond acceptors (Lipinski definition) is 4. The van der Waals surface area contributed by atoms with Crippen LogP contribution < -0.4 is 0 Å². The lowest BCUT2D eigenvalue weighted by Gasteiger charge is -2.46. The molecule has 1 aliphatic rings. The molecule has 1 aliphatic carbocycles. The van der Waals surface area contributed by atoms with Gasteiger partial charge >= 0.3 is 5.97 Å². The van der Waals surface area contributed by atoms with E-state index in [9.17, 15) is 9.59 Å².